The summed E-state index contributed by atoms with van der Waals surface area (Å²) in [6.45, 7) is 3.82. The molecular formula is C20H21N3O2. The van der Waals surface area contributed by atoms with Crippen molar-refractivity contribution < 1.29 is 9.53 Å². The molecule has 3 heterocycles. The molecule has 1 saturated heterocycles. The molecule has 0 saturated carbocycles. The third-order valence-electron chi connectivity index (χ3n) is 4.74. The van der Waals surface area contributed by atoms with Crippen LogP contribution in [0.25, 0.3) is 11.0 Å². The quantitative estimate of drug-likeness (QED) is 0.799. The molecule has 5 nitrogen and oxygen atoms in total. The fourth-order valence-corrected chi connectivity index (χ4v) is 3.21. The number of benzene rings is 1. The van der Waals surface area contributed by atoms with Crippen molar-refractivity contribution in [2.45, 2.75) is 19.4 Å². The highest BCUT2D eigenvalue weighted by molar-refractivity contribution is 5.94. The molecule has 5 heteroatoms. The van der Waals surface area contributed by atoms with Gasteiger partial charge in [0, 0.05) is 18.1 Å². The first-order valence-corrected chi connectivity index (χ1v) is 8.68. The predicted molar refractivity (Wildman–Crippen MR) is 96.5 cm³/mol. The minimum absolute atomic E-state index is 0.0463. The molecule has 1 aromatic carbocycles. The third kappa shape index (κ3) is 3.15. The highest BCUT2D eigenvalue weighted by Gasteiger charge is 2.27. The highest BCUT2D eigenvalue weighted by atomic mass is 16.5. The number of aromatic nitrogens is 2. The van der Waals surface area contributed by atoms with E-state index in [0.717, 1.165) is 23.0 Å². The molecule has 128 valence electrons. The van der Waals surface area contributed by atoms with E-state index in [4.69, 9.17) is 4.74 Å². The van der Waals surface area contributed by atoms with Crippen molar-refractivity contribution in [1.29, 1.82) is 0 Å². The molecule has 1 fully saturated rings. The number of hydrogen-bond donors (Lipinski definition) is 1. The summed E-state index contributed by atoms with van der Waals surface area (Å²) in [5, 5.41) is 1.01. The van der Waals surface area contributed by atoms with Crippen LogP contribution in [0.4, 0.5) is 0 Å². The summed E-state index contributed by atoms with van der Waals surface area (Å²) >= 11 is 0. The van der Waals surface area contributed by atoms with Gasteiger partial charge in [0.25, 0.3) is 5.91 Å². The van der Waals surface area contributed by atoms with Crippen LogP contribution in [0.3, 0.4) is 0 Å². The number of amides is 1. The molecule has 2 aromatic heterocycles. The van der Waals surface area contributed by atoms with Gasteiger partial charge in [-0.3, -0.25) is 4.79 Å². The molecule has 0 aliphatic carbocycles. The van der Waals surface area contributed by atoms with Crippen LogP contribution < -0.4 is 0 Å². The molecule has 1 amide bonds. The van der Waals surface area contributed by atoms with Crippen molar-refractivity contribution in [1.82, 2.24) is 14.9 Å². The number of fused-ring (bicyclic) bond motifs is 1. The van der Waals surface area contributed by atoms with Crippen LogP contribution in [0.1, 0.15) is 34.6 Å². The minimum Gasteiger partial charge on any atom is -0.370 e. The number of rotatable bonds is 3. The minimum atomic E-state index is -0.0853. The maximum absolute atomic E-state index is 12.8. The molecule has 0 radical (unpaired) electrons. The van der Waals surface area contributed by atoms with Crippen molar-refractivity contribution in [3.63, 3.8) is 0 Å². The Morgan fingerprint density at radius 3 is 2.88 bits per heavy atom. The molecule has 0 spiro atoms. The molecular weight excluding hydrogens is 314 g/mol. The lowest BCUT2D eigenvalue weighted by Crippen LogP contribution is -2.42. The first-order chi connectivity index (χ1) is 12.2. The third-order valence-corrected chi connectivity index (χ3v) is 4.74. The lowest BCUT2D eigenvalue weighted by atomic mass is 10.0. The molecule has 1 atom stereocenters. The summed E-state index contributed by atoms with van der Waals surface area (Å²) in [7, 11) is 0. The Labute approximate surface area is 146 Å². The van der Waals surface area contributed by atoms with E-state index in [2.05, 4.69) is 41.2 Å². The Hall–Kier alpha value is -2.66. The molecule has 1 aliphatic rings. The molecule has 0 bridgehead atoms. The second-order valence-corrected chi connectivity index (χ2v) is 6.32. The van der Waals surface area contributed by atoms with Gasteiger partial charge in [-0.2, -0.15) is 0 Å². The SMILES string of the molecule is CCc1ccc([C@@H]2CN(C(=O)c3ccc4cc[nH]c4n3)CCO2)cc1. The molecule has 0 unspecified atom stereocenters. The number of carbonyl (C=O) groups excluding carboxylic acids is 1. The normalized spacial score (nSPS) is 17.8. The van der Waals surface area contributed by atoms with Gasteiger partial charge in [-0.15, -0.1) is 0 Å². The van der Waals surface area contributed by atoms with E-state index in [0.29, 0.717) is 25.4 Å². The van der Waals surface area contributed by atoms with Crippen molar-refractivity contribution in [3.05, 3.63) is 65.5 Å². The van der Waals surface area contributed by atoms with Gasteiger partial charge in [0.05, 0.1) is 13.2 Å². The first kappa shape index (κ1) is 15.8. The second-order valence-electron chi connectivity index (χ2n) is 6.32. The number of aryl methyl sites for hydroxylation is 1. The number of aromatic amines is 1. The number of H-pyrrole nitrogens is 1. The summed E-state index contributed by atoms with van der Waals surface area (Å²) in [4.78, 5) is 22.2. The number of nitrogens with zero attached hydrogens (tertiary/aromatic N) is 2. The topological polar surface area (TPSA) is 58.2 Å². The average molecular weight is 335 g/mol. The van der Waals surface area contributed by atoms with E-state index < -0.39 is 0 Å². The molecule has 1 aliphatic heterocycles. The largest absolute Gasteiger partial charge is 0.370 e. The molecule has 4 rings (SSSR count). The standard InChI is InChI=1S/C20H21N3O2/c1-2-14-3-5-15(6-4-14)18-13-23(11-12-25-18)20(24)17-8-7-16-9-10-21-19(16)22-17/h3-10,18H,2,11-13H2,1H3,(H,21,22)/t18-/m0/s1. The Morgan fingerprint density at radius 2 is 2.08 bits per heavy atom. The average Bonchev–Trinajstić information content (AvgIpc) is 3.15. The fraction of sp³-hybridized carbons (Fsp3) is 0.300. The zero-order valence-corrected chi connectivity index (χ0v) is 14.2. The van der Waals surface area contributed by atoms with Crippen LogP contribution in [0.2, 0.25) is 0 Å². The summed E-state index contributed by atoms with van der Waals surface area (Å²) in [5.41, 5.74) is 3.63. The number of morpholine rings is 1. The number of pyridine rings is 1. The van der Waals surface area contributed by atoms with E-state index in [1.165, 1.54) is 5.56 Å². The monoisotopic (exact) mass is 335 g/mol. The van der Waals surface area contributed by atoms with E-state index in [-0.39, 0.29) is 12.0 Å². The van der Waals surface area contributed by atoms with Gasteiger partial charge < -0.3 is 14.6 Å². The van der Waals surface area contributed by atoms with Gasteiger partial charge in [0.2, 0.25) is 0 Å². The Kier molecular flexibility index (Phi) is 4.24. The van der Waals surface area contributed by atoms with E-state index in [1.807, 2.05) is 23.2 Å². The van der Waals surface area contributed by atoms with Crippen molar-refractivity contribution in [2.24, 2.45) is 0 Å². The molecule has 1 N–H and O–H groups in total. The lowest BCUT2D eigenvalue weighted by Gasteiger charge is -2.33. The van der Waals surface area contributed by atoms with Crippen LogP contribution in [0, 0.1) is 0 Å². The molecule has 25 heavy (non-hydrogen) atoms. The number of ether oxygens (including phenoxy) is 1. The zero-order valence-electron chi connectivity index (χ0n) is 14.2. The summed E-state index contributed by atoms with van der Waals surface area (Å²) in [6, 6.07) is 14.1. The van der Waals surface area contributed by atoms with Crippen molar-refractivity contribution >= 4 is 16.9 Å². The Bertz CT molecular complexity index is 885. The summed E-state index contributed by atoms with van der Waals surface area (Å²) in [6.07, 6.45) is 2.76. The summed E-state index contributed by atoms with van der Waals surface area (Å²) in [5.74, 6) is -0.0463. The van der Waals surface area contributed by atoms with Gasteiger partial charge in [-0.1, -0.05) is 31.2 Å². The summed E-state index contributed by atoms with van der Waals surface area (Å²) < 4.78 is 5.89. The predicted octanol–water partition coefficient (Wildman–Crippen LogP) is 3.34. The Morgan fingerprint density at radius 1 is 1.24 bits per heavy atom. The highest BCUT2D eigenvalue weighted by Crippen LogP contribution is 2.24. The number of nitrogens with one attached hydrogen (secondary N) is 1. The smallest absolute Gasteiger partial charge is 0.272 e. The van der Waals surface area contributed by atoms with Crippen LogP contribution in [-0.2, 0) is 11.2 Å². The van der Waals surface area contributed by atoms with Crippen LogP contribution in [0.5, 0.6) is 0 Å². The van der Waals surface area contributed by atoms with Crippen LogP contribution >= 0.6 is 0 Å². The maximum atomic E-state index is 12.8. The maximum Gasteiger partial charge on any atom is 0.272 e. The molecule has 3 aromatic rings. The first-order valence-electron chi connectivity index (χ1n) is 8.68. The van der Waals surface area contributed by atoms with Gasteiger partial charge in [0.15, 0.2) is 0 Å². The zero-order chi connectivity index (χ0) is 17.2. The number of carbonyl (C=O) groups is 1. The number of hydrogen-bond acceptors (Lipinski definition) is 3. The van der Waals surface area contributed by atoms with Crippen LogP contribution in [-0.4, -0.2) is 40.5 Å². The van der Waals surface area contributed by atoms with E-state index in [9.17, 15) is 4.79 Å². The van der Waals surface area contributed by atoms with Crippen LogP contribution in [0.15, 0.2) is 48.7 Å². The van der Waals surface area contributed by atoms with Gasteiger partial charge in [0.1, 0.15) is 17.4 Å². The van der Waals surface area contributed by atoms with Gasteiger partial charge in [-0.25, -0.2) is 4.98 Å². The van der Waals surface area contributed by atoms with Crippen molar-refractivity contribution in [2.75, 3.05) is 19.7 Å². The second kappa shape index (κ2) is 6.69. The lowest BCUT2D eigenvalue weighted by molar-refractivity contribution is -0.0230. The van der Waals surface area contributed by atoms with E-state index >= 15 is 0 Å². The van der Waals surface area contributed by atoms with Gasteiger partial charge >= 0.3 is 0 Å². The fourth-order valence-electron chi connectivity index (χ4n) is 3.21. The van der Waals surface area contributed by atoms with Gasteiger partial charge in [-0.05, 0) is 35.7 Å². The van der Waals surface area contributed by atoms with E-state index in [1.54, 1.807) is 6.07 Å². The van der Waals surface area contributed by atoms with Crippen molar-refractivity contribution in [3.8, 4) is 0 Å². The Balaban J connectivity index is 1.52.